The average Bonchev–Trinajstić information content (AvgIpc) is 3.37. The van der Waals surface area contributed by atoms with Crippen molar-refractivity contribution in [3.8, 4) is 0 Å². The molecular weight excluding hydrogens is 457 g/mol. The Labute approximate surface area is 213 Å². The number of likely N-dealkylation sites (tertiary alicyclic amines) is 1. The van der Waals surface area contributed by atoms with Gasteiger partial charge in [0.05, 0.1) is 5.92 Å². The molecule has 36 heavy (non-hydrogen) atoms. The summed E-state index contributed by atoms with van der Waals surface area (Å²) in [5.41, 5.74) is 8.36. The first-order valence-corrected chi connectivity index (χ1v) is 13.1. The van der Waals surface area contributed by atoms with E-state index < -0.39 is 0 Å². The third kappa shape index (κ3) is 7.27. The highest BCUT2D eigenvalue weighted by Gasteiger charge is 2.30. The molecular formula is C28H38FN5O2. The van der Waals surface area contributed by atoms with Crippen molar-refractivity contribution in [3.05, 3.63) is 66.0 Å². The number of unbranched alkanes of at least 4 members (excludes halogenated alkanes) is 2. The van der Waals surface area contributed by atoms with Crippen LogP contribution in [0.4, 0.5) is 14.9 Å². The summed E-state index contributed by atoms with van der Waals surface area (Å²) in [6.07, 6.45) is 6.74. The number of hydrogen-bond acceptors (Lipinski definition) is 4. The summed E-state index contributed by atoms with van der Waals surface area (Å²) in [5.74, 6) is -0.210. The van der Waals surface area contributed by atoms with Crippen molar-refractivity contribution in [2.24, 2.45) is 5.92 Å². The lowest BCUT2D eigenvalue weighted by Gasteiger charge is -2.34. The average molecular weight is 496 g/mol. The highest BCUT2D eigenvalue weighted by atomic mass is 19.1. The van der Waals surface area contributed by atoms with E-state index in [0.717, 1.165) is 62.7 Å². The number of para-hydroxylation sites is 1. The van der Waals surface area contributed by atoms with Crippen LogP contribution in [0, 0.1) is 11.7 Å². The van der Waals surface area contributed by atoms with Crippen LogP contribution in [0.1, 0.15) is 56.6 Å². The van der Waals surface area contributed by atoms with Crippen LogP contribution in [0.15, 0.2) is 54.6 Å². The maximum Gasteiger partial charge on any atom is 0.321 e. The summed E-state index contributed by atoms with van der Waals surface area (Å²) >= 11 is 0. The Hall–Kier alpha value is -2.97. The van der Waals surface area contributed by atoms with Crippen molar-refractivity contribution >= 4 is 17.6 Å². The molecule has 0 spiro atoms. The van der Waals surface area contributed by atoms with Crippen molar-refractivity contribution in [2.75, 3.05) is 32.0 Å². The van der Waals surface area contributed by atoms with Crippen LogP contribution < -0.4 is 16.2 Å². The second-order valence-electron chi connectivity index (χ2n) is 10.0. The van der Waals surface area contributed by atoms with Gasteiger partial charge >= 0.3 is 6.03 Å². The number of nitrogens with zero attached hydrogens (tertiary/aromatic N) is 2. The van der Waals surface area contributed by atoms with E-state index in [1.54, 1.807) is 17.0 Å². The molecule has 2 aromatic rings. The van der Waals surface area contributed by atoms with E-state index in [0.29, 0.717) is 19.1 Å². The van der Waals surface area contributed by atoms with Gasteiger partial charge in [-0.05, 0) is 61.9 Å². The minimum atomic E-state index is -0.201. The van der Waals surface area contributed by atoms with Gasteiger partial charge in [-0.1, -0.05) is 43.2 Å². The molecule has 4 rings (SSSR count). The van der Waals surface area contributed by atoms with Crippen LogP contribution in [-0.4, -0.2) is 54.5 Å². The summed E-state index contributed by atoms with van der Waals surface area (Å²) in [7, 11) is 1.87. The molecule has 2 saturated heterocycles. The predicted octanol–water partition coefficient (Wildman–Crippen LogP) is 4.70. The number of urea groups is 1. The Kier molecular flexibility index (Phi) is 9.30. The number of carbonyl (C=O) groups is 2. The molecule has 7 nitrogen and oxygen atoms in total. The van der Waals surface area contributed by atoms with Gasteiger partial charge in [-0.3, -0.25) is 15.6 Å². The highest BCUT2D eigenvalue weighted by Crippen LogP contribution is 2.25. The molecule has 0 bridgehead atoms. The maximum atomic E-state index is 13.5. The van der Waals surface area contributed by atoms with Crippen molar-refractivity contribution in [3.63, 3.8) is 0 Å². The van der Waals surface area contributed by atoms with Gasteiger partial charge in [-0.15, -0.1) is 0 Å². The van der Waals surface area contributed by atoms with E-state index >= 15 is 0 Å². The Bertz CT molecular complexity index is 1000. The summed E-state index contributed by atoms with van der Waals surface area (Å²) in [5, 5.41) is 2.92. The molecule has 194 valence electrons. The largest absolute Gasteiger partial charge is 0.345 e. The van der Waals surface area contributed by atoms with Gasteiger partial charge in [0.1, 0.15) is 5.82 Å². The smallest absolute Gasteiger partial charge is 0.321 e. The zero-order valence-corrected chi connectivity index (χ0v) is 21.1. The molecule has 2 aliphatic heterocycles. The number of benzene rings is 2. The quantitative estimate of drug-likeness (QED) is 0.441. The molecule has 0 saturated carbocycles. The molecule has 0 aromatic heterocycles. The normalized spacial score (nSPS) is 21.8. The maximum absolute atomic E-state index is 13.5. The summed E-state index contributed by atoms with van der Waals surface area (Å²) in [4.78, 5) is 29.2. The first-order valence-electron chi connectivity index (χ1n) is 13.1. The molecule has 3 amide bonds. The molecule has 3 N–H and O–H groups in total. The minimum Gasteiger partial charge on any atom is -0.345 e. The molecule has 8 heteroatoms. The Morgan fingerprint density at radius 1 is 1.08 bits per heavy atom. The third-order valence-electron chi connectivity index (χ3n) is 7.24. The number of piperidine rings is 1. The van der Waals surface area contributed by atoms with Crippen molar-refractivity contribution < 1.29 is 14.0 Å². The van der Waals surface area contributed by atoms with E-state index in [1.165, 1.54) is 6.07 Å². The SMILES string of the molecule is CN(CCCCCC1CC(c2cccc(F)c2)NN1)C(=O)C1CCCN(C(=O)Nc2ccccc2)C1. The Morgan fingerprint density at radius 2 is 1.92 bits per heavy atom. The molecule has 2 aromatic carbocycles. The predicted molar refractivity (Wildman–Crippen MR) is 140 cm³/mol. The van der Waals surface area contributed by atoms with Crippen LogP contribution in [0.25, 0.3) is 0 Å². The second kappa shape index (κ2) is 12.8. The molecule has 2 heterocycles. The van der Waals surface area contributed by atoms with E-state index in [-0.39, 0.29) is 29.7 Å². The Morgan fingerprint density at radius 3 is 2.72 bits per heavy atom. The summed E-state index contributed by atoms with van der Waals surface area (Å²) in [6.45, 7) is 1.87. The first-order chi connectivity index (χ1) is 17.5. The minimum absolute atomic E-state index is 0.131. The number of carbonyl (C=O) groups excluding carboxylic acids is 2. The van der Waals surface area contributed by atoms with Crippen LogP contribution in [-0.2, 0) is 4.79 Å². The zero-order chi connectivity index (χ0) is 25.3. The second-order valence-corrected chi connectivity index (χ2v) is 10.0. The van der Waals surface area contributed by atoms with Crippen LogP contribution in [0.3, 0.4) is 0 Å². The van der Waals surface area contributed by atoms with E-state index in [9.17, 15) is 14.0 Å². The molecule has 2 aliphatic rings. The lowest BCUT2D eigenvalue weighted by molar-refractivity contribution is -0.135. The third-order valence-corrected chi connectivity index (χ3v) is 7.24. The molecule has 0 aliphatic carbocycles. The van der Waals surface area contributed by atoms with Crippen molar-refractivity contribution in [1.82, 2.24) is 20.7 Å². The fourth-order valence-corrected chi connectivity index (χ4v) is 5.18. The zero-order valence-electron chi connectivity index (χ0n) is 21.1. The monoisotopic (exact) mass is 495 g/mol. The number of nitrogens with one attached hydrogen (secondary N) is 3. The van der Waals surface area contributed by atoms with Gasteiger partial charge < -0.3 is 15.1 Å². The standard InChI is InChI=1S/C28H38FN5O2/c1-33(16-7-3-6-15-25-19-26(32-31-25)21-10-8-12-23(29)18-21)27(35)22-11-9-17-34(20-22)28(36)30-24-13-4-2-5-14-24/h2,4-5,8,10,12-14,18,22,25-26,31-32H,3,6-7,9,11,15-17,19-20H2,1H3,(H,30,36). The number of anilines is 1. The molecule has 3 atom stereocenters. The van der Waals surface area contributed by atoms with Gasteiger partial charge in [0.2, 0.25) is 5.91 Å². The van der Waals surface area contributed by atoms with Crippen LogP contribution >= 0.6 is 0 Å². The topological polar surface area (TPSA) is 76.7 Å². The summed E-state index contributed by atoms with van der Waals surface area (Å²) < 4.78 is 13.5. The van der Waals surface area contributed by atoms with Gasteiger partial charge in [-0.25, -0.2) is 9.18 Å². The van der Waals surface area contributed by atoms with Crippen molar-refractivity contribution in [1.29, 1.82) is 0 Å². The van der Waals surface area contributed by atoms with E-state index in [4.69, 9.17) is 0 Å². The van der Waals surface area contributed by atoms with Gasteiger partial charge in [0.15, 0.2) is 0 Å². The fourth-order valence-electron chi connectivity index (χ4n) is 5.18. The van der Waals surface area contributed by atoms with Crippen LogP contribution in [0.2, 0.25) is 0 Å². The van der Waals surface area contributed by atoms with Gasteiger partial charge in [0, 0.05) is 44.5 Å². The van der Waals surface area contributed by atoms with Gasteiger partial charge in [0.25, 0.3) is 0 Å². The number of hydrazine groups is 1. The van der Waals surface area contributed by atoms with E-state index in [2.05, 4.69) is 16.2 Å². The Balaban J connectivity index is 1.12. The fraction of sp³-hybridized carbons (Fsp3) is 0.500. The van der Waals surface area contributed by atoms with E-state index in [1.807, 2.05) is 48.3 Å². The molecule has 0 radical (unpaired) electrons. The van der Waals surface area contributed by atoms with Crippen molar-refractivity contribution in [2.45, 2.75) is 57.0 Å². The number of halogens is 1. The van der Waals surface area contributed by atoms with Crippen LogP contribution in [0.5, 0.6) is 0 Å². The number of rotatable bonds is 9. The number of amides is 3. The summed E-state index contributed by atoms with van der Waals surface area (Å²) in [6, 6.07) is 16.5. The molecule has 2 fully saturated rings. The lowest BCUT2D eigenvalue weighted by atomic mass is 9.96. The molecule has 3 unspecified atom stereocenters. The van der Waals surface area contributed by atoms with Gasteiger partial charge in [-0.2, -0.15) is 0 Å². The highest BCUT2D eigenvalue weighted by molar-refractivity contribution is 5.90. The first kappa shape index (κ1) is 26.1. The number of hydrogen-bond donors (Lipinski definition) is 3. The lowest BCUT2D eigenvalue weighted by Crippen LogP contribution is -2.47.